The number of nitrogens with zero attached hydrogens (tertiary/aromatic N) is 5. The van der Waals surface area contributed by atoms with E-state index in [1.807, 2.05) is 13.1 Å². The molecule has 0 amide bonds. The number of rotatable bonds is 2. The van der Waals surface area contributed by atoms with Crippen LogP contribution in [0.25, 0.3) is 11.0 Å². The first-order valence-electron chi connectivity index (χ1n) is 11.3. The predicted octanol–water partition coefficient (Wildman–Crippen LogP) is 1.61. The highest BCUT2D eigenvalue weighted by molar-refractivity contribution is 5.81. The van der Waals surface area contributed by atoms with Crippen molar-refractivity contribution in [3.8, 4) is 17.4 Å². The summed E-state index contributed by atoms with van der Waals surface area (Å²) in [5.41, 5.74) is 1.73. The lowest BCUT2D eigenvalue weighted by Crippen LogP contribution is -2.27. The van der Waals surface area contributed by atoms with Gasteiger partial charge in [-0.05, 0) is 46.1 Å². The molecule has 34 heavy (non-hydrogen) atoms. The van der Waals surface area contributed by atoms with Crippen LogP contribution in [0.5, 0.6) is 17.4 Å². The van der Waals surface area contributed by atoms with Crippen LogP contribution in [0.2, 0.25) is 0 Å². The molecule has 0 unspecified atom stereocenters. The van der Waals surface area contributed by atoms with E-state index in [0.29, 0.717) is 55.6 Å². The molecule has 3 aromatic rings. The highest BCUT2D eigenvalue weighted by atomic mass is 19.1. The number of aromatic nitrogens is 4. The average molecular weight is 473 g/mol. The summed E-state index contributed by atoms with van der Waals surface area (Å²) in [6, 6.07) is 4.85. The van der Waals surface area contributed by atoms with Crippen molar-refractivity contribution < 1.29 is 18.6 Å². The maximum atomic E-state index is 13.4. The van der Waals surface area contributed by atoms with Crippen molar-refractivity contribution in [1.29, 1.82) is 0 Å². The summed E-state index contributed by atoms with van der Waals surface area (Å²) >= 11 is 0. The van der Waals surface area contributed by atoms with Gasteiger partial charge in [0.1, 0.15) is 25.3 Å². The number of fused-ring (bicyclic) bond motifs is 1. The van der Waals surface area contributed by atoms with E-state index in [1.54, 1.807) is 6.07 Å². The lowest BCUT2D eigenvalue weighted by atomic mass is 10.2. The summed E-state index contributed by atoms with van der Waals surface area (Å²) in [7, 11) is 4.03. The van der Waals surface area contributed by atoms with E-state index in [2.05, 4.69) is 32.4 Å². The largest absolute Gasteiger partial charge is 0.486 e. The Morgan fingerprint density at radius 3 is 2.59 bits per heavy atom. The van der Waals surface area contributed by atoms with Crippen LogP contribution in [0.15, 0.2) is 29.2 Å². The zero-order valence-corrected chi connectivity index (χ0v) is 19.4. The standard InChI is InChI=1S/C10H7FN2O2.C8H11N3O2.C5H11N/c11-6-5-12-7-1-2-8(14)13-3-4-15-10(6)9(7)13;1-9-5-6-4-7-8(11-10-6)13-3-2-12-7;1-6-4-2-3-5-6/h1-2,5H,3-4H2;4,9H,2-3,5H2,1H3;2-5H2,1H3. The zero-order valence-electron chi connectivity index (χ0n) is 19.4. The van der Waals surface area contributed by atoms with Crippen LogP contribution in [0.3, 0.4) is 0 Å². The third-order valence-corrected chi connectivity index (χ3v) is 5.52. The summed E-state index contributed by atoms with van der Waals surface area (Å²) in [6.07, 6.45) is 3.94. The van der Waals surface area contributed by atoms with Crippen molar-refractivity contribution in [1.82, 2.24) is 30.0 Å². The molecule has 6 heterocycles. The molecule has 0 atom stereocenters. The SMILES string of the molecule is CN1CCCC1.CNCc1cc2c(nn1)OCCO2.O=c1ccc2ncc(F)c3c2n1CCO3. The Morgan fingerprint density at radius 1 is 1.06 bits per heavy atom. The Hall–Kier alpha value is -3.31. The Balaban J connectivity index is 0.000000131. The third kappa shape index (κ3) is 5.60. The van der Waals surface area contributed by atoms with Gasteiger partial charge in [-0.3, -0.25) is 9.78 Å². The highest BCUT2D eigenvalue weighted by Crippen LogP contribution is 2.28. The fourth-order valence-corrected chi connectivity index (χ4v) is 3.84. The van der Waals surface area contributed by atoms with Crippen molar-refractivity contribution in [2.24, 2.45) is 0 Å². The molecule has 3 aromatic heterocycles. The topological polar surface area (TPSA) is 104 Å². The number of hydrogen-bond donors (Lipinski definition) is 1. The fraction of sp³-hybridized carbons (Fsp3) is 0.478. The zero-order chi connectivity index (χ0) is 23.9. The van der Waals surface area contributed by atoms with Gasteiger partial charge in [0.05, 0.1) is 24.0 Å². The molecular weight excluding hydrogens is 443 g/mol. The predicted molar refractivity (Wildman–Crippen MR) is 124 cm³/mol. The molecule has 1 fully saturated rings. The Labute approximate surface area is 196 Å². The van der Waals surface area contributed by atoms with Crippen LogP contribution in [0, 0.1) is 5.82 Å². The Kier molecular flexibility index (Phi) is 7.86. The Bertz CT molecular complexity index is 1180. The quantitative estimate of drug-likeness (QED) is 0.596. The molecule has 0 aliphatic carbocycles. The molecule has 3 aliphatic rings. The van der Waals surface area contributed by atoms with E-state index in [1.165, 1.54) is 36.6 Å². The second-order valence-electron chi connectivity index (χ2n) is 8.08. The smallest absolute Gasteiger partial charge is 0.276 e. The third-order valence-electron chi connectivity index (χ3n) is 5.52. The van der Waals surface area contributed by atoms with Gasteiger partial charge in [-0.2, -0.15) is 5.10 Å². The van der Waals surface area contributed by atoms with Gasteiger partial charge in [-0.25, -0.2) is 4.39 Å². The summed E-state index contributed by atoms with van der Waals surface area (Å²) in [5.74, 6) is 0.781. The molecule has 1 saturated heterocycles. The van der Waals surface area contributed by atoms with Crippen LogP contribution in [-0.4, -0.2) is 71.7 Å². The van der Waals surface area contributed by atoms with Crippen molar-refractivity contribution in [3.05, 3.63) is 46.3 Å². The van der Waals surface area contributed by atoms with Crippen molar-refractivity contribution in [3.63, 3.8) is 0 Å². The molecule has 0 bridgehead atoms. The first-order chi connectivity index (χ1) is 16.6. The summed E-state index contributed by atoms with van der Waals surface area (Å²) < 4.78 is 30.7. The van der Waals surface area contributed by atoms with Gasteiger partial charge in [-0.1, -0.05) is 0 Å². The van der Waals surface area contributed by atoms with E-state index in [4.69, 9.17) is 14.2 Å². The first kappa shape index (κ1) is 23.8. The van der Waals surface area contributed by atoms with Crippen molar-refractivity contribution in [2.45, 2.75) is 25.9 Å². The van der Waals surface area contributed by atoms with Crippen LogP contribution in [0.4, 0.5) is 4.39 Å². The molecule has 0 spiro atoms. The van der Waals surface area contributed by atoms with Gasteiger partial charge in [0.15, 0.2) is 17.3 Å². The average Bonchev–Trinajstić information content (AvgIpc) is 3.35. The second-order valence-corrected chi connectivity index (χ2v) is 8.08. The minimum Gasteiger partial charge on any atom is -0.486 e. The van der Waals surface area contributed by atoms with Crippen molar-refractivity contribution in [2.75, 3.05) is 47.0 Å². The maximum absolute atomic E-state index is 13.4. The monoisotopic (exact) mass is 472 g/mol. The van der Waals surface area contributed by atoms with Crippen molar-refractivity contribution >= 4 is 11.0 Å². The van der Waals surface area contributed by atoms with Gasteiger partial charge in [0, 0.05) is 18.7 Å². The number of halogens is 1. The molecule has 1 N–H and O–H groups in total. The second kappa shape index (κ2) is 11.2. The first-order valence-corrected chi connectivity index (χ1v) is 11.3. The van der Waals surface area contributed by atoms with Gasteiger partial charge in [0.2, 0.25) is 0 Å². The van der Waals surface area contributed by atoms with E-state index < -0.39 is 5.82 Å². The highest BCUT2D eigenvalue weighted by Gasteiger charge is 2.19. The summed E-state index contributed by atoms with van der Waals surface area (Å²) in [5, 5.41) is 10.9. The molecular formula is C23H29FN6O4. The van der Waals surface area contributed by atoms with E-state index in [9.17, 15) is 9.18 Å². The number of likely N-dealkylation sites (tertiary alicyclic amines) is 1. The minimum atomic E-state index is -0.526. The van der Waals surface area contributed by atoms with Crippen LogP contribution in [0.1, 0.15) is 18.5 Å². The van der Waals surface area contributed by atoms with Crippen LogP contribution in [-0.2, 0) is 13.1 Å². The molecule has 3 aliphatic heterocycles. The van der Waals surface area contributed by atoms with Crippen LogP contribution >= 0.6 is 0 Å². The van der Waals surface area contributed by atoms with Gasteiger partial charge >= 0.3 is 0 Å². The fourth-order valence-electron chi connectivity index (χ4n) is 3.84. The number of ether oxygens (including phenoxy) is 3. The molecule has 11 heteroatoms. The molecule has 6 rings (SSSR count). The molecule has 0 saturated carbocycles. The molecule has 182 valence electrons. The van der Waals surface area contributed by atoms with Gasteiger partial charge < -0.3 is 29.0 Å². The minimum absolute atomic E-state index is 0.129. The number of pyridine rings is 2. The normalized spacial score (nSPS) is 16.1. The number of hydrogen-bond acceptors (Lipinski definition) is 9. The summed E-state index contributed by atoms with van der Waals surface area (Å²) in [4.78, 5) is 17.8. The molecule has 10 nitrogen and oxygen atoms in total. The number of nitrogens with one attached hydrogen (secondary N) is 1. The van der Waals surface area contributed by atoms with Crippen LogP contribution < -0.4 is 25.1 Å². The summed E-state index contributed by atoms with van der Waals surface area (Å²) in [6.45, 7) is 5.20. The Morgan fingerprint density at radius 2 is 1.85 bits per heavy atom. The lowest BCUT2D eigenvalue weighted by molar-refractivity contribution is 0.162. The van der Waals surface area contributed by atoms with Gasteiger partial charge in [0.25, 0.3) is 11.4 Å². The lowest BCUT2D eigenvalue weighted by Gasteiger charge is -2.19. The van der Waals surface area contributed by atoms with Gasteiger partial charge in [-0.15, -0.1) is 5.10 Å². The molecule has 0 radical (unpaired) electrons. The van der Waals surface area contributed by atoms with E-state index in [0.717, 1.165) is 11.9 Å². The molecule has 0 aromatic carbocycles. The maximum Gasteiger partial charge on any atom is 0.276 e. The van der Waals surface area contributed by atoms with E-state index >= 15 is 0 Å². The van der Waals surface area contributed by atoms with E-state index in [-0.39, 0.29) is 11.3 Å².